The summed E-state index contributed by atoms with van der Waals surface area (Å²) in [7, 11) is 0. The Morgan fingerprint density at radius 2 is 1.75 bits per heavy atom. The lowest BCUT2D eigenvalue weighted by Crippen LogP contribution is -1.99. The highest BCUT2D eigenvalue weighted by atomic mass is 16.5. The summed E-state index contributed by atoms with van der Waals surface area (Å²) in [6, 6.07) is 0. The highest BCUT2D eigenvalue weighted by molar-refractivity contribution is 5.65. The third kappa shape index (κ3) is 16.8. The van der Waals surface area contributed by atoms with E-state index in [0.29, 0.717) is 6.61 Å². The van der Waals surface area contributed by atoms with E-state index >= 15 is 0 Å². The van der Waals surface area contributed by atoms with Crippen LogP contribution in [0, 0.1) is 11.8 Å². The van der Waals surface area contributed by atoms with Crippen molar-refractivity contribution in [2.24, 2.45) is 0 Å². The number of unbranched alkanes of at least 4 members (excludes halogenated alkanes) is 8. The molecule has 0 rings (SSSR count). The summed E-state index contributed by atoms with van der Waals surface area (Å²) in [5, 5.41) is 0. The van der Waals surface area contributed by atoms with Crippen molar-refractivity contribution in [3.05, 3.63) is 12.2 Å². The zero-order valence-corrected chi connectivity index (χ0v) is 13.2. The Kier molecular flexibility index (Phi) is 14.9. The first-order chi connectivity index (χ1) is 9.77. The van der Waals surface area contributed by atoms with E-state index in [0.717, 1.165) is 25.7 Å². The van der Waals surface area contributed by atoms with Gasteiger partial charge in [0.1, 0.15) is 0 Å². The van der Waals surface area contributed by atoms with Crippen molar-refractivity contribution in [2.75, 3.05) is 6.61 Å². The average Bonchev–Trinajstić information content (AvgIpc) is 2.43. The Morgan fingerprint density at radius 1 is 1.05 bits per heavy atom. The van der Waals surface area contributed by atoms with E-state index in [-0.39, 0.29) is 5.97 Å². The topological polar surface area (TPSA) is 26.3 Å². The molecular formula is C18H30O2. The molecule has 0 atom stereocenters. The summed E-state index contributed by atoms with van der Waals surface area (Å²) in [5.74, 6) is 6.11. The quantitative estimate of drug-likeness (QED) is 0.301. The molecule has 0 unspecified atom stereocenters. The highest BCUT2D eigenvalue weighted by Crippen LogP contribution is 2.06. The van der Waals surface area contributed by atoms with Crippen LogP contribution in [0.5, 0.6) is 0 Å². The van der Waals surface area contributed by atoms with Gasteiger partial charge in [-0.1, -0.05) is 63.4 Å². The van der Waals surface area contributed by atoms with Crippen molar-refractivity contribution < 1.29 is 9.53 Å². The lowest BCUT2D eigenvalue weighted by atomic mass is 10.1. The van der Waals surface area contributed by atoms with Gasteiger partial charge in [-0.25, -0.2) is 0 Å². The fourth-order valence-corrected chi connectivity index (χ4v) is 1.83. The molecule has 0 aliphatic carbocycles. The van der Waals surface area contributed by atoms with Crippen molar-refractivity contribution in [1.29, 1.82) is 0 Å². The Labute approximate surface area is 125 Å². The maximum Gasteiger partial charge on any atom is 0.302 e. The van der Waals surface area contributed by atoms with Crippen molar-refractivity contribution in [3.63, 3.8) is 0 Å². The van der Waals surface area contributed by atoms with Gasteiger partial charge in [-0.3, -0.25) is 4.79 Å². The van der Waals surface area contributed by atoms with E-state index in [1.54, 1.807) is 0 Å². The smallest absolute Gasteiger partial charge is 0.302 e. The second-order valence-electron chi connectivity index (χ2n) is 5.08. The Hall–Kier alpha value is -1.23. The first-order valence-corrected chi connectivity index (χ1v) is 8.04. The second kappa shape index (κ2) is 15.8. The summed E-state index contributed by atoms with van der Waals surface area (Å²) >= 11 is 0. The zero-order valence-electron chi connectivity index (χ0n) is 13.2. The van der Waals surface area contributed by atoms with E-state index < -0.39 is 0 Å². The number of allylic oxidation sites excluding steroid dienone is 2. The van der Waals surface area contributed by atoms with Crippen LogP contribution in [0.1, 0.15) is 78.1 Å². The molecule has 0 N–H and O–H groups in total. The van der Waals surface area contributed by atoms with Crippen LogP contribution in [0.25, 0.3) is 0 Å². The van der Waals surface area contributed by atoms with E-state index in [1.165, 1.54) is 45.4 Å². The van der Waals surface area contributed by atoms with Crippen LogP contribution in [0.3, 0.4) is 0 Å². The number of ether oxygens (including phenoxy) is 1. The number of esters is 1. The minimum atomic E-state index is -0.174. The molecule has 0 fully saturated rings. The molecule has 0 aliphatic heterocycles. The van der Waals surface area contributed by atoms with Gasteiger partial charge in [0.25, 0.3) is 0 Å². The van der Waals surface area contributed by atoms with E-state index in [9.17, 15) is 4.79 Å². The Bertz CT molecular complexity index is 307. The van der Waals surface area contributed by atoms with Crippen LogP contribution in [0.2, 0.25) is 0 Å². The normalized spacial score (nSPS) is 10.3. The maximum atomic E-state index is 10.5. The van der Waals surface area contributed by atoms with Gasteiger partial charge in [0.2, 0.25) is 0 Å². The molecule has 0 aromatic heterocycles. The highest BCUT2D eigenvalue weighted by Gasteiger charge is 1.93. The molecular weight excluding hydrogens is 248 g/mol. The van der Waals surface area contributed by atoms with Crippen LogP contribution < -0.4 is 0 Å². The van der Waals surface area contributed by atoms with E-state index in [2.05, 4.69) is 24.8 Å². The molecule has 0 aromatic rings. The molecule has 0 aromatic carbocycles. The third-order valence-corrected chi connectivity index (χ3v) is 3.03. The summed E-state index contributed by atoms with van der Waals surface area (Å²) in [6.45, 7) is 4.24. The molecule has 114 valence electrons. The van der Waals surface area contributed by atoms with Gasteiger partial charge in [-0.05, 0) is 25.3 Å². The van der Waals surface area contributed by atoms with Gasteiger partial charge in [0.05, 0.1) is 6.61 Å². The minimum absolute atomic E-state index is 0.174. The van der Waals surface area contributed by atoms with Gasteiger partial charge in [0, 0.05) is 13.3 Å². The SMILES string of the molecule is CCCC/C=C\C#CCCCCCCCCOC(C)=O. The second-order valence-corrected chi connectivity index (χ2v) is 5.08. The molecule has 0 aliphatic rings. The van der Waals surface area contributed by atoms with Gasteiger partial charge in [0.15, 0.2) is 0 Å². The maximum absolute atomic E-state index is 10.5. The standard InChI is InChI=1S/C18H30O2/c1-3-4-5-6-7-8-9-10-11-12-13-14-15-16-17-20-18(2)19/h6-7H,3-5,10-17H2,1-2H3/b7-6-. The summed E-state index contributed by atoms with van der Waals surface area (Å²) in [6.07, 6.45) is 15.9. The lowest BCUT2D eigenvalue weighted by Gasteiger charge is -2.01. The number of rotatable bonds is 11. The molecule has 0 amide bonds. The first-order valence-electron chi connectivity index (χ1n) is 8.04. The number of hydrogen-bond acceptors (Lipinski definition) is 2. The molecule has 0 saturated carbocycles. The predicted octanol–water partition coefficient (Wildman–Crippen LogP) is 5.03. The van der Waals surface area contributed by atoms with Crippen LogP contribution in [-0.4, -0.2) is 12.6 Å². The van der Waals surface area contributed by atoms with Gasteiger partial charge >= 0.3 is 5.97 Å². The van der Waals surface area contributed by atoms with Crippen LogP contribution in [-0.2, 0) is 9.53 Å². The molecule has 0 spiro atoms. The Morgan fingerprint density at radius 3 is 2.45 bits per heavy atom. The lowest BCUT2D eigenvalue weighted by molar-refractivity contribution is -0.141. The average molecular weight is 278 g/mol. The van der Waals surface area contributed by atoms with Gasteiger partial charge in [-0.15, -0.1) is 0 Å². The molecule has 0 bridgehead atoms. The van der Waals surface area contributed by atoms with Crippen LogP contribution in [0.4, 0.5) is 0 Å². The third-order valence-electron chi connectivity index (χ3n) is 3.03. The summed E-state index contributed by atoms with van der Waals surface area (Å²) in [4.78, 5) is 10.5. The number of hydrogen-bond donors (Lipinski definition) is 0. The number of carbonyl (C=O) groups excluding carboxylic acids is 1. The predicted molar refractivity (Wildman–Crippen MR) is 85.4 cm³/mol. The zero-order chi connectivity index (χ0) is 14.9. The molecule has 0 radical (unpaired) electrons. The first kappa shape index (κ1) is 18.8. The van der Waals surface area contributed by atoms with E-state index in [4.69, 9.17) is 4.74 Å². The Balaban J connectivity index is 3.18. The largest absolute Gasteiger partial charge is 0.466 e. The summed E-state index contributed by atoms with van der Waals surface area (Å²) in [5.41, 5.74) is 0. The fraction of sp³-hybridized carbons (Fsp3) is 0.722. The molecule has 0 saturated heterocycles. The number of carbonyl (C=O) groups is 1. The van der Waals surface area contributed by atoms with Gasteiger partial charge in [-0.2, -0.15) is 0 Å². The van der Waals surface area contributed by atoms with Crippen molar-refractivity contribution in [2.45, 2.75) is 78.1 Å². The van der Waals surface area contributed by atoms with E-state index in [1.807, 2.05) is 6.08 Å². The van der Waals surface area contributed by atoms with Crippen molar-refractivity contribution in [1.82, 2.24) is 0 Å². The fourth-order valence-electron chi connectivity index (χ4n) is 1.83. The van der Waals surface area contributed by atoms with Gasteiger partial charge < -0.3 is 4.74 Å². The molecule has 20 heavy (non-hydrogen) atoms. The minimum Gasteiger partial charge on any atom is -0.466 e. The summed E-state index contributed by atoms with van der Waals surface area (Å²) < 4.78 is 4.89. The molecule has 0 heterocycles. The van der Waals surface area contributed by atoms with Crippen LogP contribution in [0.15, 0.2) is 12.2 Å². The monoisotopic (exact) mass is 278 g/mol. The van der Waals surface area contributed by atoms with Crippen molar-refractivity contribution in [3.8, 4) is 11.8 Å². The molecule has 2 heteroatoms. The van der Waals surface area contributed by atoms with Crippen LogP contribution >= 0.6 is 0 Å². The molecule has 2 nitrogen and oxygen atoms in total. The van der Waals surface area contributed by atoms with Crippen molar-refractivity contribution >= 4 is 5.97 Å².